The molecule has 3 aliphatic heterocycles. The summed E-state index contributed by atoms with van der Waals surface area (Å²) >= 11 is 0. The van der Waals surface area contributed by atoms with E-state index in [9.17, 15) is 9.18 Å². The predicted molar refractivity (Wildman–Crippen MR) is 128 cm³/mol. The molecular formula is C24H44FN7O2. The van der Waals surface area contributed by atoms with E-state index in [4.69, 9.17) is 4.74 Å². The normalized spacial score (nSPS) is 43.9. The van der Waals surface area contributed by atoms with Gasteiger partial charge in [0.1, 0.15) is 6.17 Å². The second-order valence-electron chi connectivity index (χ2n) is 11.0. The van der Waals surface area contributed by atoms with Crippen LogP contribution in [0.1, 0.15) is 57.8 Å². The first-order valence-corrected chi connectivity index (χ1v) is 13.5. The van der Waals surface area contributed by atoms with Crippen LogP contribution < -0.4 is 32.1 Å². The molecule has 5 aliphatic rings. The summed E-state index contributed by atoms with van der Waals surface area (Å²) in [5.41, 5.74) is 6.91. The maximum atomic E-state index is 13.8. The first-order valence-electron chi connectivity index (χ1n) is 13.5. The molecule has 9 atom stereocenters. The van der Waals surface area contributed by atoms with Gasteiger partial charge >= 0.3 is 0 Å². The highest BCUT2D eigenvalue weighted by Crippen LogP contribution is 2.35. The van der Waals surface area contributed by atoms with Crippen LogP contribution in [0.5, 0.6) is 0 Å². The highest BCUT2D eigenvalue weighted by Gasteiger charge is 2.41. The molecule has 10 heteroatoms. The second-order valence-corrected chi connectivity index (χ2v) is 11.0. The number of hydrazine groups is 1. The summed E-state index contributed by atoms with van der Waals surface area (Å²) in [6.07, 6.45) is 7.60. The van der Waals surface area contributed by atoms with Crippen molar-refractivity contribution < 1.29 is 13.9 Å². The third-order valence-electron chi connectivity index (χ3n) is 8.86. The number of alkyl halides is 1. The van der Waals surface area contributed by atoms with E-state index in [0.717, 1.165) is 64.7 Å². The van der Waals surface area contributed by atoms with Crippen molar-refractivity contribution in [1.82, 2.24) is 37.0 Å². The number of fused-ring (bicyclic) bond motifs is 1. The standard InChI is InChI=1S/C24H44FN7O2/c1-32-22(30-31-23(32)20-7-9-26-14-28-20)13-27-17-4-2-3-15(11-17)24(33)29-19-8-10-34-21-12-16(25)5-6-18(19)21/h15-23,26-28,30-31H,2-14H2,1H3,(H,29,33)/t15?,16?,17?,18?,19-,20?,21?,22?,23?/m0/s1. The highest BCUT2D eigenvalue weighted by atomic mass is 19.1. The Balaban J connectivity index is 1.07. The molecule has 2 saturated carbocycles. The van der Waals surface area contributed by atoms with Gasteiger partial charge in [-0.2, -0.15) is 0 Å². The van der Waals surface area contributed by atoms with Gasteiger partial charge in [0.2, 0.25) is 5.91 Å². The maximum Gasteiger partial charge on any atom is 0.223 e. The fourth-order valence-corrected chi connectivity index (χ4v) is 6.77. The Morgan fingerprint density at radius 2 is 2.03 bits per heavy atom. The van der Waals surface area contributed by atoms with Crippen molar-refractivity contribution >= 4 is 5.91 Å². The lowest BCUT2D eigenvalue weighted by Crippen LogP contribution is -2.58. The van der Waals surface area contributed by atoms with Gasteiger partial charge in [-0.15, -0.1) is 0 Å². The number of hydrogen-bond acceptors (Lipinski definition) is 8. The highest BCUT2D eigenvalue weighted by molar-refractivity contribution is 5.79. The smallest absolute Gasteiger partial charge is 0.223 e. The zero-order chi connectivity index (χ0) is 23.5. The summed E-state index contributed by atoms with van der Waals surface area (Å²) < 4.78 is 19.7. The second kappa shape index (κ2) is 11.5. The van der Waals surface area contributed by atoms with Crippen molar-refractivity contribution in [2.45, 2.75) is 101 Å². The van der Waals surface area contributed by atoms with E-state index in [1.807, 2.05) is 0 Å². The van der Waals surface area contributed by atoms with Crippen LogP contribution in [0.3, 0.4) is 0 Å². The fraction of sp³-hybridized carbons (Fsp3) is 0.958. The van der Waals surface area contributed by atoms with Crippen molar-refractivity contribution in [2.75, 3.05) is 33.4 Å². The molecule has 0 aromatic rings. The molecule has 0 bridgehead atoms. The zero-order valence-corrected chi connectivity index (χ0v) is 20.5. The van der Waals surface area contributed by atoms with Gasteiger partial charge in [-0.25, -0.2) is 15.2 Å². The first kappa shape index (κ1) is 24.8. The van der Waals surface area contributed by atoms with Crippen LogP contribution in [0.2, 0.25) is 0 Å². The monoisotopic (exact) mass is 481 g/mol. The molecule has 0 aromatic heterocycles. The molecule has 0 spiro atoms. The van der Waals surface area contributed by atoms with Crippen LogP contribution in [0.25, 0.3) is 0 Å². The number of likely N-dealkylation sites (N-methyl/N-ethyl adjacent to an activating group) is 1. The number of hydrogen-bond donors (Lipinski definition) is 6. The SMILES string of the molecule is CN1C(CNC2CCCC(C(=O)N[C@H]3CCOC4CC(F)CCC43)C2)NNC1C1CCNCN1. The average Bonchev–Trinajstić information content (AvgIpc) is 3.23. The third-order valence-corrected chi connectivity index (χ3v) is 8.86. The maximum absolute atomic E-state index is 13.8. The molecule has 194 valence electrons. The Kier molecular flexibility index (Phi) is 8.35. The molecule has 8 unspecified atom stereocenters. The quantitative estimate of drug-likeness (QED) is 0.319. The Labute approximate surface area is 203 Å². The summed E-state index contributed by atoms with van der Waals surface area (Å²) in [5, 5.41) is 14.0. The molecule has 2 aliphatic carbocycles. The average molecular weight is 482 g/mol. The van der Waals surface area contributed by atoms with Crippen molar-refractivity contribution in [3.05, 3.63) is 0 Å². The number of nitrogens with one attached hydrogen (secondary N) is 6. The Bertz CT molecular complexity index is 682. The van der Waals surface area contributed by atoms with Crippen molar-refractivity contribution in [3.63, 3.8) is 0 Å². The van der Waals surface area contributed by atoms with E-state index in [-0.39, 0.29) is 42.2 Å². The van der Waals surface area contributed by atoms with Crippen LogP contribution in [-0.4, -0.2) is 87.0 Å². The van der Waals surface area contributed by atoms with Crippen LogP contribution in [0, 0.1) is 11.8 Å². The number of carbonyl (C=O) groups excluding carboxylic acids is 1. The molecule has 1 amide bonds. The molecule has 3 heterocycles. The molecule has 9 nitrogen and oxygen atoms in total. The van der Waals surface area contributed by atoms with Gasteiger partial charge in [0, 0.05) is 56.2 Å². The van der Waals surface area contributed by atoms with Gasteiger partial charge in [-0.3, -0.25) is 15.0 Å². The zero-order valence-electron chi connectivity index (χ0n) is 20.5. The van der Waals surface area contributed by atoms with Gasteiger partial charge in [0.25, 0.3) is 0 Å². The van der Waals surface area contributed by atoms with E-state index in [1.165, 1.54) is 0 Å². The summed E-state index contributed by atoms with van der Waals surface area (Å²) in [6.45, 7) is 3.37. The Morgan fingerprint density at radius 3 is 2.88 bits per heavy atom. The summed E-state index contributed by atoms with van der Waals surface area (Å²) in [4.78, 5) is 15.6. The van der Waals surface area contributed by atoms with Gasteiger partial charge in [0.15, 0.2) is 0 Å². The number of rotatable bonds is 6. The van der Waals surface area contributed by atoms with Crippen molar-refractivity contribution in [3.8, 4) is 0 Å². The van der Waals surface area contributed by atoms with Crippen LogP contribution in [0.4, 0.5) is 4.39 Å². The van der Waals surface area contributed by atoms with Gasteiger partial charge < -0.3 is 20.7 Å². The summed E-state index contributed by atoms with van der Waals surface area (Å²) in [7, 11) is 2.17. The Hall–Kier alpha value is -0.880. The van der Waals surface area contributed by atoms with E-state index in [2.05, 4.69) is 44.1 Å². The lowest BCUT2D eigenvalue weighted by molar-refractivity contribution is -0.131. The minimum absolute atomic E-state index is 0.0306. The molecule has 5 rings (SSSR count). The van der Waals surface area contributed by atoms with Gasteiger partial charge in [0.05, 0.1) is 18.4 Å². The molecule has 34 heavy (non-hydrogen) atoms. The largest absolute Gasteiger partial charge is 0.378 e. The van der Waals surface area contributed by atoms with Crippen molar-refractivity contribution in [1.29, 1.82) is 0 Å². The first-order chi connectivity index (χ1) is 16.6. The third kappa shape index (κ3) is 5.74. The van der Waals surface area contributed by atoms with Crippen LogP contribution in [-0.2, 0) is 9.53 Å². The number of halogens is 1. The van der Waals surface area contributed by atoms with E-state index in [0.29, 0.717) is 31.5 Å². The van der Waals surface area contributed by atoms with E-state index < -0.39 is 6.17 Å². The molecule has 6 N–H and O–H groups in total. The Morgan fingerprint density at radius 1 is 1.12 bits per heavy atom. The van der Waals surface area contributed by atoms with Crippen molar-refractivity contribution in [2.24, 2.45) is 11.8 Å². The lowest BCUT2D eigenvalue weighted by Gasteiger charge is -2.43. The van der Waals surface area contributed by atoms with Gasteiger partial charge in [-0.1, -0.05) is 6.42 Å². The van der Waals surface area contributed by atoms with E-state index in [1.54, 1.807) is 0 Å². The topological polar surface area (TPSA) is 102 Å². The minimum atomic E-state index is -0.754. The van der Waals surface area contributed by atoms with Crippen LogP contribution in [0.15, 0.2) is 0 Å². The lowest BCUT2D eigenvalue weighted by atomic mass is 9.77. The molecule has 0 radical (unpaired) electrons. The molecule has 0 aromatic carbocycles. The number of ether oxygens (including phenoxy) is 1. The molecular weight excluding hydrogens is 437 g/mol. The van der Waals surface area contributed by atoms with Gasteiger partial charge in [-0.05, 0) is 58.5 Å². The molecule has 5 fully saturated rings. The van der Waals surface area contributed by atoms with E-state index >= 15 is 0 Å². The molecule has 3 saturated heterocycles. The predicted octanol–water partition coefficient (Wildman–Crippen LogP) is 0.148. The number of carbonyl (C=O) groups is 1. The van der Waals surface area contributed by atoms with Crippen LogP contribution >= 0.6 is 0 Å². The number of amides is 1. The minimum Gasteiger partial charge on any atom is -0.378 e. The summed E-state index contributed by atoms with van der Waals surface area (Å²) in [6, 6.07) is 0.923. The fourth-order valence-electron chi connectivity index (χ4n) is 6.77. The number of nitrogens with zero attached hydrogens (tertiary/aromatic N) is 1. The summed E-state index contributed by atoms with van der Waals surface area (Å²) in [5.74, 6) is 0.513.